The summed E-state index contributed by atoms with van der Waals surface area (Å²) >= 11 is 0. The van der Waals surface area contributed by atoms with E-state index in [9.17, 15) is 18.0 Å². The maximum Gasteiger partial charge on any atom is 0.433 e. The quantitative estimate of drug-likeness (QED) is 0.558. The van der Waals surface area contributed by atoms with Crippen LogP contribution in [0, 0.1) is 13.8 Å². The van der Waals surface area contributed by atoms with Gasteiger partial charge in [-0.2, -0.15) is 13.2 Å². The van der Waals surface area contributed by atoms with Gasteiger partial charge in [-0.3, -0.25) is 14.7 Å². The van der Waals surface area contributed by atoms with Crippen LogP contribution in [0.25, 0.3) is 0 Å². The number of rotatable bonds is 7. The van der Waals surface area contributed by atoms with E-state index in [1.54, 1.807) is 12.0 Å². The number of nitrogens with zero attached hydrogens (tertiary/aromatic N) is 3. The molecule has 2 saturated heterocycles. The van der Waals surface area contributed by atoms with E-state index in [0.29, 0.717) is 13.2 Å². The molecule has 9 heteroatoms. The molecular weight excluding hydrogens is 459 g/mol. The van der Waals surface area contributed by atoms with Crippen molar-refractivity contribution in [3.63, 3.8) is 0 Å². The van der Waals surface area contributed by atoms with Gasteiger partial charge in [-0.1, -0.05) is 6.07 Å². The molecule has 2 aliphatic rings. The van der Waals surface area contributed by atoms with Crippen LogP contribution in [0.4, 0.5) is 13.2 Å². The Hall–Kier alpha value is -2.65. The molecule has 190 valence electrons. The maximum atomic E-state index is 13.0. The predicted molar refractivity (Wildman–Crippen MR) is 125 cm³/mol. The Labute approximate surface area is 204 Å². The Bertz CT molecular complexity index is 1070. The number of hydrogen-bond donors (Lipinski definition) is 0. The molecule has 0 spiro atoms. The first-order chi connectivity index (χ1) is 16.5. The summed E-state index contributed by atoms with van der Waals surface area (Å²) in [7, 11) is 1.66. The Kier molecular flexibility index (Phi) is 7.11. The molecule has 1 aromatic carbocycles. The average Bonchev–Trinajstić information content (AvgIpc) is 3.45. The van der Waals surface area contributed by atoms with E-state index in [4.69, 9.17) is 9.47 Å². The minimum atomic E-state index is -4.52. The first kappa shape index (κ1) is 25.4. The molecule has 2 aliphatic heterocycles. The summed E-state index contributed by atoms with van der Waals surface area (Å²) in [6, 6.07) is 6.62. The van der Waals surface area contributed by atoms with Gasteiger partial charge in [0.1, 0.15) is 18.1 Å². The number of ether oxygens (including phenoxy) is 2. The zero-order valence-corrected chi connectivity index (χ0v) is 20.7. The number of benzene rings is 1. The number of likely N-dealkylation sites (tertiary alicyclic amines) is 2. The third-order valence-electron chi connectivity index (χ3n) is 7.45. The van der Waals surface area contributed by atoms with Crippen LogP contribution in [0.1, 0.15) is 59.1 Å². The predicted octanol–water partition coefficient (Wildman–Crippen LogP) is 4.79. The van der Waals surface area contributed by atoms with Gasteiger partial charge < -0.3 is 14.4 Å². The normalized spacial score (nSPS) is 21.9. The van der Waals surface area contributed by atoms with E-state index in [1.165, 1.54) is 17.2 Å². The molecule has 2 fully saturated rings. The first-order valence-corrected chi connectivity index (χ1v) is 11.9. The largest absolute Gasteiger partial charge is 0.491 e. The van der Waals surface area contributed by atoms with Crippen molar-refractivity contribution < 1.29 is 27.4 Å². The van der Waals surface area contributed by atoms with Gasteiger partial charge in [0, 0.05) is 44.5 Å². The second-order valence-corrected chi connectivity index (χ2v) is 9.56. The van der Waals surface area contributed by atoms with Gasteiger partial charge in [0.2, 0.25) is 0 Å². The van der Waals surface area contributed by atoms with Crippen LogP contribution >= 0.6 is 0 Å². The highest BCUT2D eigenvalue weighted by molar-refractivity contribution is 5.94. The minimum absolute atomic E-state index is 0.0115. The van der Waals surface area contributed by atoms with Crippen molar-refractivity contribution in [1.29, 1.82) is 0 Å². The van der Waals surface area contributed by atoms with Gasteiger partial charge >= 0.3 is 6.18 Å². The second kappa shape index (κ2) is 9.78. The molecule has 1 amide bonds. The summed E-state index contributed by atoms with van der Waals surface area (Å²) in [5.41, 5.74) is 2.72. The summed E-state index contributed by atoms with van der Waals surface area (Å²) in [6.45, 7) is 10.1. The number of fused-ring (bicyclic) bond motifs is 2. The fraction of sp³-hybridized carbons (Fsp3) is 0.538. The number of methoxy groups -OCH3 is 1. The number of amides is 1. The van der Waals surface area contributed by atoms with Gasteiger partial charge in [0.15, 0.2) is 0 Å². The van der Waals surface area contributed by atoms with E-state index in [2.05, 4.69) is 36.7 Å². The summed E-state index contributed by atoms with van der Waals surface area (Å²) in [6.07, 6.45) is -2.62. The van der Waals surface area contributed by atoms with Gasteiger partial charge in [0.05, 0.1) is 11.7 Å². The molecular formula is C26H32F3N3O3. The van der Waals surface area contributed by atoms with E-state index in [1.807, 2.05) is 13.0 Å². The number of hydrogen-bond acceptors (Lipinski definition) is 5. The van der Waals surface area contributed by atoms with E-state index < -0.39 is 11.9 Å². The molecule has 2 aromatic rings. The first-order valence-electron chi connectivity index (χ1n) is 11.9. The van der Waals surface area contributed by atoms with Crippen LogP contribution in [0.3, 0.4) is 0 Å². The molecule has 4 atom stereocenters. The summed E-state index contributed by atoms with van der Waals surface area (Å²) in [4.78, 5) is 20.6. The molecule has 0 saturated carbocycles. The van der Waals surface area contributed by atoms with Crippen molar-refractivity contribution >= 4 is 5.91 Å². The Morgan fingerprint density at radius 2 is 1.86 bits per heavy atom. The molecule has 0 radical (unpaired) electrons. The SMILES string of the molecule is CO[C@@H](C)COc1ccc([C@H](C)N2C[C@H]3C[C@@H]2CN3C(=O)c2ccc(C(F)(F)F)nc2)c(C)c1C. The Balaban J connectivity index is 1.42. The summed E-state index contributed by atoms with van der Waals surface area (Å²) < 4.78 is 49.6. The van der Waals surface area contributed by atoms with Crippen LogP contribution < -0.4 is 4.74 Å². The standard InChI is InChI=1S/C26H32F3N3O3/c1-15(34-5)14-35-23-8-7-22(16(2)17(23)3)18(4)31-12-21-10-20(31)13-32(21)25(33)19-6-9-24(30-11-19)26(27,28)29/h6-9,11,15,18,20-21H,10,12-14H2,1-5H3/t15-,18-,20+,21+/m0/s1. The highest BCUT2D eigenvalue weighted by atomic mass is 19.4. The lowest BCUT2D eigenvalue weighted by atomic mass is 9.96. The third kappa shape index (κ3) is 5.02. The Morgan fingerprint density at radius 3 is 2.43 bits per heavy atom. The number of alkyl halides is 3. The highest BCUT2D eigenvalue weighted by Gasteiger charge is 2.47. The molecule has 6 nitrogen and oxygen atoms in total. The van der Waals surface area contributed by atoms with Crippen LogP contribution in [-0.4, -0.2) is 65.7 Å². The molecule has 1 aromatic heterocycles. The molecule has 0 unspecified atom stereocenters. The van der Waals surface area contributed by atoms with E-state index in [0.717, 1.165) is 36.5 Å². The molecule has 2 bridgehead atoms. The molecule has 0 aliphatic carbocycles. The number of carbonyl (C=O) groups excluding carboxylic acids is 1. The van der Waals surface area contributed by atoms with Crippen molar-refractivity contribution in [2.75, 3.05) is 26.8 Å². The summed E-state index contributed by atoms with van der Waals surface area (Å²) in [5.74, 6) is 0.594. The fourth-order valence-electron chi connectivity index (χ4n) is 5.15. The number of piperazine rings is 1. The minimum Gasteiger partial charge on any atom is -0.491 e. The fourth-order valence-corrected chi connectivity index (χ4v) is 5.15. The van der Waals surface area contributed by atoms with Crippen LogP contribution in [-0.2, 0) is 10.9 Å². The lowest BCUT2D eigenvalue weighted by molar-refractivity contribution is -0.141. The van der Waals surface area contributed by atoms with Crippen LogP contribution in [0.15, 0.2) is 30.5 Å². The topological polar surface area (TPSA) is 54.9 Å². The smallest absolute Gasteiger partial charge is 0.433 e. The molecule has 3 heterocycles. The van der Waals surface area contributed by atoms with Crippen molar-refractivity contribution in [2.45, 2.75) is 64.5 Å². The van der Waals surface area contributed by atoms with Crippen molar-refractivity contribution in [2.24, 2.45) is 0 Å². The van der Waals surface area contributed by atoms with Crippen LogP contribution in [0.2, 0.25) is 0 Å². The zero-order chi connectivity index (χ0) is 25.5. The zero-order valence-electron chi connectivity index (χ0n) is 20.7. The number of pyridine rings is 1. The van der Waals surface area contributed by atoms with Gasteiger partial charge in [-0.15, -0.1) is 0 Å². The van der Waals surface area contributed by atoms with Crippen molar-refractivity contribution in [3.05, 3.63) is 58.4 Å². The van der Waals surface area contributed by atoms with Gasteiger partial charge in [-0.25, -0.2) is 0 Å². The third-order valence-corrected chi connectivity index (χ3v) is 7.45. The number of halogens is 3. The number of carbonyl (C=O) groups is 1. The van der Waals surface area contributed by atoms with Gasteiger partial charge in [-0.05, 0) is 69.0 Å². The van der Waals surface area contributed by atoms with Gasteiger partial charge in [0.25, 0.3) is 5.91 Å². The number of aromatic nitrogens is 1. The lowest BCUT2D eigenvalue weighted by Crippen LogP contribution is -2.49. The van der Waals surface area contributed by atoms with Crippen molar-refractivity contribution in [1.82, 2.24) is 14.8 Å². The maximum absolute atomic E-state index is 13.0. The Morgan fingerprint density at radius 1 is 1.11 bits per heavy atom. The van der Waals surface area contributed by atoms with E-state index >= 15 is 0 Å². The van der Waals surface area contributed by atoms with Crippen molar-refractivity contribution in [3.8, 4) is 5.75 Å². The lowest BCUT2D eigenvalue weighted by Gasteiger charge is -2.38. The molecule has 0 N–H and O–H groups in total. The monoisotopic (exact) mass is 491 g/mol. The summed E-state index contributed by atoms with van der Waals surface area (Å²) in [5, 5.41) is 0. The average molecular weight is 492 g/mol. The molecule has 4 rings (SSSR count). The highest BCUT2D eigenvalue weighted by Crippen LogP contribution is 2.39. The second-order valence-electron chi connectivity index (χ2n) is 9.56. The van der Waals surface area contributed by atoms with E-state index in [-0.39, 0.29) is 35.7 Å². The van der Waals surface area contributed by atoms with Crippen LogP contribution in [0.5, 0.6) is 5.75 Å². The molecule has 35 heavy (non-hydrogen) atoms.